The van der Waals surface area contributed by atoms with Crippen LogP contribution < -0.4 is 0 Å². The van der Waals surface area contributed by atoms with E-state index in [1.54, 1.807) is 0 Å². The van der Waals surface area contributed by atoms with Gasteiger partial charge in [-0.3, -0.25) is 9.59 Å². The molecule has 3 unspecified atom stereocenters. The number of hydrogen-bond donors (Lipinski definition) is 1. The van der Waals surface area contributed by atoms with Crippen LogP contribution in [-0.2, 0) is 14.3 Å². The lowest BCUT2D eigenvalue weighted by Gasteiger charge is -2.27. The van der Waals surface area contributed by atoms with Gasteiger partial charge in [-0.05, 0) is 44.9 Å². The number of aliphatic carboxylic acids is 1. The van der Waals surface area contributed by atoms with Crippen LogP contribution in [0.1, 0.15) is 142 Å². The molecular formula is C27H50O4. The first kappa shape index (κ1) is 28.0. The molecule has 4 nitrogen and oxygen atoms in total. The SMILES string of the molecule is CCCCCCCCCCCCC(CCCCCC)OC(=O)C1CCCC(C(=O)O)C1. The lowest BCUT2D eigenvalue weighted by Crippen LogP contribution is -2.31. The van der Waals surface area contributed by atoms with Crippen LogP contribution in [0.25, 0.3) is 0 Å². The Hall–Kier alpha value is -1.06. The molecule has 1 aliphatic carbocycles. The molecule has 1 rings (SSSR count). The van der Waals surface area contributed by atoms with Crippen LogP contribution >= 0.6 is 0 Å². The molecule has 0 heterocycles. The number of rotatable bonds is 19. The van der Waals surface area contributed by atoms with Gasteiger partial charge < -0.3 is 9.84 Å². The number of carbonyl (C=O) groups excluding carboxylic acids is 1. The fraction of sp³-hybridized carbons (Fsp3) is 0.926. The molecule has 1 fully saturated rings. The standard InChI is InChI=1S/C27H50O4/c1-3-5-7-9-10-11-12-13-14-16-21-25(20-15-8-6-4-2)31-27(30)24-19-17-18-23(22-24)26(28)29/h23-25H,3-22H2,1-2H3,(H,28,29). The van der Waals surface area contributed by atoms with Gasteiger partial charge in [0.25, 0.3) is 0 Å². The maximum absolute atomic E-state index is 12.7. The lowest BCUT2D eigenvalue weighted by molar-refractivity contribution is -0.158. The first-order valence-electron chi connectivity index (χ1n) is 13.5. The molecule has 0 saturated heterocycles. The van der Waals surface area contributed by atoms with Crippen molar-refractivity contribution in [2.24, 2.45) is 11.8 Å². The highest BCUT2D eigenvalue weighted by Gasteiger charge is 2.32. The molecule has 1 N–H and O–H groups in total. The average Bonchev–Trinajstić information content (AvgIpc) is 2.77. The Kier molecular flexibility index (Phi) is 16.7. The van der Waals surface area contributed by atoms with E-state index in [9.17, 15) is 14.7 Å². The van der Waals surface area contributed by atoms with Gasteiger partial charge in [-0.2, -0.15) is 0 Å². The van der Waals surface area contributed by atoms with E-state index in [2.05, 4.69) is 13.8 Å². The maximum atomic E-state index is 12.7. The average molecular weight is 439 g/mol. The highest BCUT2D eigenvalue weighted by molar-refractivity contribution is 5.75. The normalized spacial score (nSPS) is 19.8. The number of carboxylic acid groups (broad SMARTS) is 1. The first-order valence-corrected chi connectivity index (χ1v) is 13.5. The van der Waals surface area contributed by atoms with Crippen LogP contribution in [-0.4, -0.2) is 23.1 Å². The number of carboxylic acids is 1. The molecule has 0 aliphatic heterocycles. The fourth-order valence-corrected chi connectivity index (χ4v) is 4.81. The van der Waals surface area contributed by atoms with Crippen LogP contribution in [0.3, 0.4) is 0 Å². The van der Waals surface area contributed by atoms with E-state index in [0.29, 0.717) is 12.8 Å². The molecule has 0 amide bonds. The largest absolute Gasteiger partial charge is 0.481 e. The minimum absolute atomic E-state index is 0.0172. The van der Waals surface area contributed by atoms with Crippen molar-refractivity contribution in [3.8, 4) is 0 Å². The van der Waals surface area contributed by atoms with Crippen molar-refractivity contribution in [3.63, 3.8) is 0 Å². The molecule has 182 valence electrons. The summed E-state index contributed by atoms with van der Waals surface area (Å²) >= 11 is 0. The van der Waals surface area contributed by atoms with Crippen LogP contribution in [0.2, 0.25) is 0 Å². The van der Waals surface area contributed by atoms with Crippen molar-refractivity contribution in [3.05, 3.63) is 0 Å². The number of carbonyl (C=O) groups is 2. The molecule has 0 radical (unpaired) electrons. The minimum atomic E-state index is -0.765. The smallest absolute Gasteiger partial charge is 0.309 e. The summed E-state index contributed by atoms with van der Waals surface area (Å²) in [5.74, 6) is -1.51. The topological polar surface area (TPSA) is 63.6 Å². The molecular weight excluding hydrogens is 388 g/mol. The predicted octanol–water partition coefficient (Wildman–Crippen LogP) is 8.07. The zero-order valence-electron chi connectivity index (χ0n) is 20.5. The Morgan fingerprint density at radius 1 is 0.742 bits per heavy atom. The summed E-state index contributed by atoms with van der Waals surface area (Å²) in [6.07, 6.45) is 22.6. The molecule has 31 heavy (non-hydrogen) atoms. The Bertz CT molecular complexity index is 462. The Morgan fingerprint density at radius 3 is 1.71 bits per heavy atom. The van der Waals surface area contributed by atoms with Crippen LogP contribution in [0.15, 0.2) is 0 Å². The maximum Gasteiger partial charge on any atom is 0.309 e. The second-order valence-electron chi connectivity index (χ2n) is 9.78. The van der Waals surface area contributed by atoms with Gasteiger partial charge in [0.2, 0.25) is 0 Å². The third kappa shape index (κ3) is 13.9. The van der Waals surface area contributed by atoms with Crippen LogP contribution in [0.5, 0.6) is 0 Å². The number of unbranched alkanes of at least 4 members (excludes halogenated alkanes) is 12. The van der Waals surface area contributed by atoms with E-state index in [4.69, 9.17) is 4.74 Å². The molecule has 0 aromatic rings. The Balaban J connectivity index is 2.30. The summed E-state index contributed by atoms with van der Waals surface area (Å²) < 4.78 is 5.95. The molecule has 0 spiro atoms. The van der Waals surface area contributed by atoms with Gasteiger partial charge in [-0.25, -0.2) is 0 Å². The van der Waals surface area contributed by atoms with E-state index < -0.39 is 5.97 Å². The van der Waals surface area contributed by atoms with E-state index >= 15 is 0 Å². The van der Waals surface area contributed by atoms with Crippen molar-refractivity contribution in [1.29, 1.82) is 0 Å². The molecule has 0 bridgehead atoms. The first-order chi connectivity index (χ1) is 15.1. The fourth-order valence-electron chi connectivity index (χ4n) is 4.81. The van der Waals surface area contributed by atoms with Gasteiger partial charge in [0.15, 0.2) is 0 Å². The number of esters is 1. The summed E-state index contributed by atoms with van der Waals surface area (Å²) in [6, 6.07) is 0. The second kappa shape index (κ2) is 18.5. The van der Waals surface area contributed by atoms with Gasteiger partial charge in [0.1, 0.15) is 6.10 Å². The van der Waals surface area contributed by atoms with Gasteiger partial charge >= 0.3 is 11.9 Å². The van der Waals surface area contributed by atoms with E-state index in [0.717, 1.165) is 38.5 Å². The van der Waals surface area contributed by atoms with Gasteiger partial charge in [0, 0.05) is 0 Å². The van der Waals surface area contributed by atoms with E-state index in [-0.39, 0.29) is 23.9 Å². The summed E-state index contributed by atoms with van der Waals surface area (Å²) in [5, 5.41) is 9.29. The molecule has 3 atom stereocenters. The van der Waals surface area contributed by atoms with Crippen molar-refractivity contribution in [1.82, 2.24) is 0 Å². The van der Waals surface area contributed by atoms with Crippen LogP contribution in [0.4, 0.5) is 0 Å². The summed E-state index contributed by atoms with van der Waals surface area (Å²) in [7, 11) is 0. The third-order valence-corrected chi connectivity index (χ3v) is 6.90. The van der Waals surface area contributed by atoms with Gasteiger partial charge in [-0.1, -0.05) is 97.3 Å². The Morgan fingerprint density at radius 2 is 1.19 bits per heavy atom. The van der Waals surface area contributed by atoms with Crippen LogP contribution in [0, 0.1) is 11.8 Å². The van der Waals surface area contributed by atoms with Gasteiger partial charge in [-0.15, -0.1) is 0 Å². The predicted molar refractivity (Wildman–Crippen MR) is 128 cm³/mol. The summed E-state index contributed by atoms with van der Waals surface area (Å²) in [5.41, 5.74) is 0. The number of hydrogen-bond acceptors (Lipinski definition) is 3. The minimum Gasteiger partial charge on any atom is -0.481 e. The zero-order chi connectivity index (χ0) is 22.7. The Labute approximate surface area is 191 Å². The zero-order valence-corrected chi connectivity index (χ0v) is 20.5. The van der Waals surface area contributed by atoms with Crippen molar-refractivity contribution < 1.29 is 19.4 Å². The second-order valence-corrected chi connectivity index (χ2v) is 9.78. The van der Waals surface area contributed by atoms with Crippen molar-refractivity contribution in [2.45, 2.75) is 148 Å². The van der Waals surface area contributed by atoms with E-state index in [1.165, 1.54) is 77.0 Å². The van der Waals surface area contributed by atoms with Crippen molar-refractivity contribution in [2.75, 3.05) is 0 Å². The highest BCUT2D eigenvalue weighted by atomic mass is 16.5. The molecule has 1 aliphatic rings. The quantitative estimate of drug-likeness (QED) is 0.163. The van der Waals surface area contributed by atoms with E-state index in [1.807, 2.05) is 0 Å². The molecule has 0 aromatic heterocycles. The molecule has 1 saturated carbocycles. The number of ether oxygens (including phenoxy) is 1. The molecule has 0 aromatic carbocycles. The summed E-state index contributed by atoms with van der Waals surface area (Å²) in [6.45, 7) is 4.47. The van der Waals surface area contributed by atoms with Crippen molar-refractivity contribution >= 4 is 11.9 Å². The monoisotopic (exact) mass is 438 g/mol. The third-order valence-electron chi connectivity index (χ3n) is 6.90. The summed E-state index contributed by atoms with van der Waals surface area (Å²) in [4.78, 5) is 24.0. The highest BCUT2D eigenvalue weighted by Crippen LogP contribution is 2.31. The molecule has 4 heteroatoms. The lowest BCUT2D eigenvalue weighted by atomic mass is 9.81. The van der Waals surface area contributed by atoms with Gasteiger partial charge in [0.05, 0.1) is 11.8 Å².